The van der Waals surface area contributed by atoms with Gasteiger partial charge >= 0.3 is 6.09 Å². The number of thiazole rings is 1. The molecule has 0 spiro atoms. The second kappa shape index (κ2) is 14.5. The first-order chi connectivity index (χ1) is 21.2. The molecule has 2 atom stereocenters. The van der Waals surface area contributed by atoms with E-state index in [0.29, 0.717) is 17.1 Å². The predicted molar refractivity (Wildman–Crippen MR) is 169 cm³/mol. The van der Waals surface area contributed by atoms with Crippen LogP contribution in [0.2, 0.25) is 0 Å². The van der Waals surface area contributed by atoms with Crippen molar-refractivity contribution in [3.63, 3.8) is 0 Å². The summed E-state index contributed by atoms with van der Waals surface area (Å²) in [6, 6.07) is 13.7. The Morgan fingerprint density at radius 2 is 1.91 bits per heavy atom. The summed E-state index contributed by atoms with van der Waals surface area (Å²) >= 11 is 1.36. The molecule has 0 bridgehead atoms. The molecule has 5 rings (SSSR count). The van der Waals surface area contributed by atoms with E-state index >= 15 is 0 Å². The number of nitrogens with zero attached hydrogens (tertiary/aromatic N) is 4. The Bertz CT molecular complexity index is 1600. The van der Waals surface area contributed by atoms with Crippen LogP contribution in [0, 0.1) is 5.92 Å². The second-order valence-corrected chi connectivity index (χ2v) is 14.4. The summed E-state index contributed by atoms with van der Waals surface area (Å²) in [4.78, 5) is 24.2. The maximum atomic E-state index is 14.0. The van der Waals surface area contributed by atoms with Crippen LogP contribution in [0.1, 0.15) is 43.6 Å². The molecule has 0 aliphatic carbocycles. The van der Waals surface area contributed by atoms with Crippen LogP contribution in [0.25, 0.3) is 11.1 Å². The number of amides is 1. The number of nitrogens with one attached hydrogen (secondary N) is 1. The monoisotopic (exact) mass is 641 g/mol. The Kier molecular flexibility index (Phi) is 10.5. The Morgan fingerprint density at radius 1 is 1.14 bits per heavy atom. The standard InChI is InChI=1S/C31H39N5O6S2/c1-22(2)18-36(44(39,40)25-11-12-26-29(16-25)42-30(33-26)35-13-7-4-8-14-35)19-28(37)27(15-23-9-5-3-6-10-23)34-31(38)41-20-24-17-32-21-43-24/h3,5-6,9-12,16-17,21-22,27-28,37H,4,7-8,13-15,18-20H2,1-2H3,(H,34,38). The molecule has 2 aromatic carbocycles. The molecular formula is C31H39N5O6S2. The number of benzene rings is 2. The number of alkyl carbamates (subject to hydrolysis) is 1. The van der Waals surface area contributed by atoms with Crippen molar-refractivity contribution in [2.45, 2.75) is 63.2 Å². The minimum atomic E-state index is -4.05. The molecule has 1 aliphatic rings. The second-order valence-electron chi connectivity index (χ2n) is 11.4. The maximum Gasteiger partial charge on any atom is 0.407 e. The number of hydrogen-bond acceptors (Lipinski definition) is 10. The zero-order chi connectivity index (χ0) is 31.1. The number of hydrogen-bond donors (Lipinski definition) is 2. The summed E-state index contributed by atoms with van der Waals surface area (Å²) in [6.07, 6.45) is 3.25. The molecule has 4 aromatic rings. The lowest BCUT2D eigenvalue weighted by Gasteiger charge is -2.30. The van der Waals surface area contributed by atoms with Crippen molar-refractivity contribution in [3.8, 4) is 0 Å². The van der Waals surface area contributed by atoms with Crippen LogP contribution >= 0.6 is 11.3 Å². The number of anilines is 1. The van der Waals surface area contributed by atoms with Crippen LogP contribution in [-0.4, -0.2) is 72.2 Å². The lowest BCUT2D eigenvalue weighted by atomic mass is 10.0. The van der Waals surface area contributed by atoms with Crippen molar-refractivity contribution in [1.82, 2.24) is 19.6 Å². The maximum absolute atomic E-state index is 14.0. The Morgan fingerprint density at radius 3 is 2.61 bits per heavy atom. The fraction of sp³-hybridized carbons (Fsp3) is 0.452. The van der Waals surface area contributed by atoms with E-state index < -0.39 is 28.3 Å². The third-order valence-corrected chi connectivity index (χ3v) is 10.0. The smallest absolute Gasteiger partial charge is 0.407 e. The summed E-state index contributed by atoms with van der Waals surface area (Å²) in [5.41, 5.74) is 3.50. The van der Waals surface area contributed by atoms with E-state index in [1.54, 1.807) is 17.8 Å². The lowest BCUT2D eigenvalue weighted by Crippen LogP contribution is -2.51. The van der Waals surface area contributed by atoms with Gasteiger partial charge in [-0.05, 0) is 49.3 Å². The van der Waals surface area contributed by atoms with Crippen LogP contribution in [0.15, 0.2) is 69.6 Å². The number of piperidine rings is 1. The van der Waals surface area contributed by atoms with Crippen molar-refractivity contribution in [3.05, 3.63) is 70.7 Å². The van der Waals surface area contributed by atoms with Crippen LogP contribution in [-0.2, 0) is 27.8 Å². The normalized spacial score (nSPS) is 15.5. The zero-order valence-corrected chi connectivity index (χ0v) is 26.6. The van der Waals surface area contributed by atoms with Crippen molar-refractivity contribution in [2.75, 3.05) is 31.1 Å². The van der Waals surface area contributed by atoms with Crippen LogP contribution in [0.5, 0.6) is 0 Å². The van der Waals surface area contributed by atoms with Gasteiger partial charge in [0.05, 0.1) is 27.4 Å². The van der Waals surface area contributed by atoms with Crippen LogP contribution < -0.4 is 10.2 Å². The number of carbonyl (C=O) groups is 1. The third kappa shape index (κ3) is 8.14. The minimum Gasteiger partial charge on any atom is -0.444 e. The number of aromatic nitrogens is 2. The summed E-state index contributed by atoms with van der Waals surface area (Å²) in [5, 5.41) is 14.2. The molecule has 2 N–H and O–H groups in total. The predicted octanol–water partition coefficient (Wildman–Crippen LogP) is 4.82. The Hall–Kier alpha value is -3.52. The highest BCUT2D eigenvalue weighted by Crippen LogP contribution is 2.28. The molecule has 13 heteroatoms. The van der Waals surface area contributed by atoms with Gasteiger partial charge in [-0.25, -0.2) is 13.2 Å². The molecule has 1 fully saturated rings. The van der Waals surface area contributed by atoms with Gasteiger partial charge < -0.3 is 24.5 Å². The molecule has 0 radical (unpaired) electrons. The molecule has 236 valence electrons. The number of aliphatic hydroxyl groups excluding tert-OH is 1. The van der Waals surface area contributed by atoms with E-state index in [-0.39, 0.29) is 36.9 Å². The summed E-state index contributed by atoms with van der Waals surface area (Å²) < 4.78 is 40.7. The molecule has 1 amide bonds. The van der Waals surface area contributed by atoms with Crippen molar-refractivity contribution in [2.24, 2.45) is 5.92 Å². The largest absolute Gasteiger partial charge is 0.444 e. The zero-order valence-electron chi connectivity index (χ0n) is 25.0. The van der Waals surface area contributed by atoms with Crippen molar-refractivity contribution >= 4 is 44.6 Å². The molecule has 11 nitrogen and oxygen atoms in total. The molecule has 1 aliphatic heterocycles. The topological polar surface area (TPSA) is 138 Å². The highest BCUT2D eigenvalue weighted by atomic mass is 32.2. The van der Waals surface area contributed by atoms with E-state index in [0.717, 1.165) is 36.4 Å². The fourth-order valence-electron chi connectivity index (χ4n) is 5.23. The number of carbonyl (C=O) groups excluding carboxylic acids is 1. The van der Waals surface area contributed by atoms with Gasteiger partial charge in [0.1, 0.15) is 12.1 Å². The van der Waals surface area contributed by atoms with Gasteiger partial charge in [0, 0.05) is 38.4 Å². The van der Waals surface area contributed by atoms with Gasteiger partial charge in [0.2, 0.25) is 10.0 Å². The number of oxazole rings is 1. The first-order valence-electron chi connectivity index (χ1n) is 14.9. The summed E-state index contributed by atoms with van der Waals surface area (Å²) in [7, 11) is -4.05. The molecule has 2 aromatic heterocycles. The van der Waals surface area contributed by atoms with Crippen LogP contribution in [0.4, 0.5) is 10.8 Å². The third-order valence-electron chi connectivity index (χ3n) is 7.47. The van der Waals surface area contributed by atoms with Gasteiger partial charge in [-0.3, -0.25) is 4.98 Å². The highest BCUT2D eigenvalue weighted by molar-refractivity contribution is 7.89. The molecular weight excluding hydrogens is 603 g/mol. The quantitative estimate of drug-likeness (QED) is 0.210. The van der Waals surface area contributed by atoms with Gasteiger partial charge in [-0.15, -0.1) is 11.3 Å². The number of sulfonamides is 1. The summed E-state index contributed by atoms with van der Waals surface area (Å²) in [6.45, 7) is 5.51. The summed E-state index contributed by atoms with van der Waals surface area (Å²) in [5.74, 6) is -0.0263. The van der Waals surface area contributed by atoms with E-state index in [1.807, 2.05) is 44.2 Å². The molecule has 2 unspecified atom stereocenters. The van der Waals surface area contributed by atoms with E-state index in [9.17, 15) is 18.3 Å². The van der Waals surface area contributed by atoms with Gasteiger partial charge in [-0.1, -0.05) is 44.2 Å². The minimum absolute atomic E-state index is 0.0263. The molecule has 0 saturated carbocycles. The lowest BCUT2D eigenvalue weighted by molar-refractivity contribution is 0.0876. The number of aliphatic hydroxyl groups is 1. The van der Waals surface area contributed by atoms with Gasteiger partial charge in [-0.2, -0.15) is 9.29 Å². The molecule has 3 heterocycles. The van der Waals surface area contributed by atoms with Crippen molar-refractivity contribution in [1.29, 1.82) is 0 Å². The van der Waals surface area contributed by atoms with E-state index in [2.05, 4.69) is 20.2 Å². The van der Waals surface area contributed by atoms with E-state index in [4.69, 9.17) is 9.15 Å². The van der Waals surface area contributed by atoms with E-state index in [1.165, 1.54) is 34.2 Å². The van der Waals surface area contributed by atoms with Gasteiger partial charge in [0.15, 0.2) is 5.58 Å². The Balaban J connectivity index is 1.35. The number of fused-ring (bicyclic) bond motifs is 1. The average molecular weight is 642 g/mol. The number of rotatable bonds is 13. The Labute approximate surface area is 261 Å². The first kappa shape index (κ1) is 31.9. The molecule has 1 saturated heterocycles. The molecule has 44 heavy (non-hydrogen) atoms. The SMILES string of the molecule is CC(C)CN(CC(O)C(Cc1ccccc1)NC(=O)OCc1cncs1)S(=O)(=O)c1ccc2nc(N3CCCCC3)oc2c1. The number of ether oxygens (including phenoxy) is 1. The first-order valence-corrected chi connectivity index (χ1v) is 17.2. The average Bonchev–Trinajstić information content (AvgIpc) is 3.70. The van der Waals surface area contributed by atoms with Crippen LogP contribution in [0.3, 0.4) is 0 Å². The van der Waals surface area contributed by atoms with Crippen molar-refractivity contribution < 1.29 is 27.5 Å². The fourth-order valence-corrected chi connectivity index (χ4v) is 7.37. The highest BCUT2D eigenvalue weighted by Gasteiger charge is 2.32. The van der Waals surface area contributed by atoms with Gasteiger partial charge in [0.25, 0.3) is 6.01 Å².